The van der Waals surface area contributed by atoms with Crippen LogP contribution in [0.2, 0.25) is 0 Å². The van der Waals surface area contributed by atoms with E-state index in [0.717, 1.165) is 18.0 Å². The van der Waals surface area contributed by atoms with Gasteiger partial charge in [-0.05, 0) is 37.3 Å². The SMILES string of the molecule is CC(C)CCCC(C)Nc1cc(C(=O)O)cc(C(C)C)n1. The molecular weight excluding hydrogens is 264 g/mol. The third-order valence-corrected chi connectivity index (χ3v) is 3.50. The van der Waals surface area contributed by atoms with Gasteiger partial charge in [0.15, 0.2) is 0 Å². The fourth-order valence-corrected chi connectivity index (χ4v) is 2.20. The number of nitrogens with zero attached hydrogens (tertiary/aromatic N) is 1. The highest BCUT2D eigenvalue weighted by Gasteiger charge is 2.12. The minimum absolute atomic E-state index is 0.209. The van der Waals surface area contributed by atoms with E-state index in [-0.39, 0.29) is 5.92 Å². The van der Waals surface area contributed by atoms with Gasteiger partial charge in [-0.1, -0.05) is 40.5 Å². The van der Waals surface area contributed by atoms with Crippen molar-refractivity contribution in [1.82, 2.24) is 4.98 Å². The van der Waals surface area contributed by atoms with Crippen molar-refractivity contribution in [2.45, 2.75) is 65.8 Å². The van der Waals surface area contributed by atoms with Gasteiger partial charge in [-0.2, -0.15) is 0 Å². The standard InChI is InChI=1S/C17H28N2O2/c1-11(2)7-6-8-13(5)18-16-10-14(17(20)21)9-15(19-16)12(3)4/h9-13H,6-8H2,1-5H3,(H,18,19)(H,20,21). The van der Waals surface area contributed by atoms with Crippen LogP contribution < -0.4 is 5.32 Å². The Morgan fingerprint density at radius 2 is 1.86 bits per heavy atom. The lowest BCUT2D eigenvalue weighted by Gasteiger charge is -2.17. The molecule has 1 unspecified atom stereocenters. The second kappa shape index (κ2) is 8.01. The molecule has 2 N–H and O–H groups in total. The molecule has 0 aliphatic rings. The molecule has 1 rings (SSSR count). The molecule has 0 radical (unpaired) electrons. The normalized spacial score (nSPS) is 12.7. The summed E-state index contributed by atoms with van der Waals surface area (Å²) < 4.78 is 0. The summed E-state index contributed by atoms with van der Waals surface area (Å²) in [5.41, 5.74) is 1.11. The van der Waals surface area contributed by atoms with Crippen LogP contribution >= 0.6 is 0 Å². The monoisotopic (exact) mass is 292 g/mol. The van der Waals surface area contributed by atoms with Crippen LogP contribution in [0.3, 0.4) is 0 Å². The lowest BCUT2D eigenvalue weighted by molar-refractivity contribution is 0.0696. The van der Waals surface area contributed by atoms with Crippen molar-refractivity contribution in [3.8, 4) is 0 Å². The first kappa shape index (κ1) is 17.5. The number of pyridine rings is 1. The zero-order valence-electron chi connectivity index (χ0n) is 13.8. The molecule has 4 nitrogen and oxygen atoms in total. The van der Waals surface area contributed by atoms with Crippen LogP contribution in [0.4, 0.5) is 5.82 Å². The Morgan fingerprint density at radius 3 is 2.38 bits per heavy atom. The zero-order valence-corrected chi connectivity index (χ0v) is 13.8. The van der Waals surface area contributed by atoms with Gasteiger partial charge in [0.1, 0.15) is 5.82 Å². The largest absolute Gasteiger partial charge is 0.478 e. The number of carboxylic acid groups (broad SMARTS) is 1. The average molecular weight is 292 g/mol. The summed E-state index contributed by atoms with van der Waals surface area (Å²) in [5, 5.41) is 12.5. The third kappa shape index (κ3) is 6.15. The van der Waals surface area contributed by atoms with Gasteiger partial charge in [0.2, 0.25) is 0 Å². The van der Waals surface area contributed by atoms with Crippen LogP contribution in [0, 0.1) is 5.92 Å². The Bertz CT molecular complexity index is 470. The molecule has 0 aliphatic carbocycles. The lowest BCUT2D eigenvalue weighted by atomic mass is 10.0. The Hall–Kier alpha value is -1.58. The number of carbonyl (C=O) groups is 1. The summed E-state index contributed by atoms with van der Waals surface area (Å²) in [6.07, 6.45) is 3.45. The fraction of sp³-hybridized carbons (Fsp3) is 0.647. The number of hydrogen-bond acceptors (Lipinski definition) is 3. The van der Waals surface area contributed by atoms with Crippen molar-refractivity contribution in [2.24, 2.45) is 5.92 Å². The maximum atomic E-state index is 11.2. The molecule has 0 spiro atoms. The van der Waals surface area contributed by atoms with E-state index in [1.165, 1.54) is 12.8 Å². The quantitative estimate of drug-likeness (QED) is 0.739. The Balaban J connectivity index is 2.75. The van der Waals surface area contributed by atoms with Gasteiger partial charge in [0, 0.05) is 11.7 Å². The van der Waals surface area contributed by atoms with Gasteiger partial charge in [-0.3, -0.25) is 0 Å². The zero-order chi connectivity index (χ0) is 16.0. The number of anilines is 1. The van der Waals surface area contributed by atoms with E-state index in [2.05, 4.69) is 31.1 Å². The summed E-state index contributed by atoms with van der Waals surface area (Å²) in [7, 11) is 0. The smallest absolute Gasteiger partial charge is 0.335 e. The average Bonchev–Trinajstić information content (AvgIpc) is 2.37. The van der Waals surface area contributed by atoms with Crippen LogP contribution in [0.25, 0.3) is 0 Å². The summed E-state index contributed by atoms with van der Waals surface area (Å²) in [4.78, 5) is 15.7. The van der Waals surface area contributed by atoms with E-state index in [1.54, 1.807) is 12.1 Å². The third-order valence-electron chi connectivity index (χ3n) is 3.50. The number of nitrogens with one attached hydrogen (secondary N) is 1. The molecule has 21 heavy (non-hydrogen) atoms. The predicted octanol–water partition coefficient (Wildman–Crippen LogP) is 4.53. The van der Waals surface area contributed by atoms with Gasteiger partial charge in [-0.25, -0.2) is 9.78 Å². The molecule has 0 fully saturated rings. The van der Waals surface area contributed by atoms with E-state index in [4.69, 9.17) is 0 Å². The number of rotatable bonds is 8. The Morgan fingerprint density at radius 1 is 1.19 bits per heavy atom. The minimum Gasteiger partial charge on any atom is -0.478 e. The predicted molar refractivity (Wildman–Crippen MR) is 87.1 cm³/mol. The fourth-order valence-electron chi connectivity index (χ4n) is 2.20. The van der Waals surface area contributed by atoms with Gasteiger partial charge < -0.3 is 10.4 Å². The summed E-state index contributed by atoms with van der Waals surface area (Å²) in [5.74, 6) is 0.685. The molecule has 1 aromatic rings. The summed E-state index contributed by atoms with van der Waals surface area (Å²) >= 11 is 0. The minimum atomic E-state index is -0.908. The second-order valence-electron chi connectivity index (χ2n) is 6.50. The first-order valence-electron chi connectivity index (χ1n) is 7.81. The molecule has 0 bridgehead atoms. The molecular formula is C17H28N2O2. The Kier molecular flexibility index (Phi) is 6.66. The van der Waals surface area contributed by atoms with E-state index >= 15 is 0 Å². The van der Waals surface area contributed by atoms with Gasteiger partial charge in [0.05, 0.1) is 5.56 Å². The maximum absolute atomic E-state index is 11.2. The molecule has 0 aromatic carbocycles. The van der Waals surface area contributed by atoms with Crippen LogP contribution in [-0.2, 0) is 0 Å². The van der Waals surface area contributed by atoms with Crippen molar-refractivity contribution in [1.29, 1.82) is 0 Å². The van der Waals surface area contributed by atoms with Crippen LogP contribution in [0.5, 0.6) is 0 Å². The first-order valence-corrected chi connectivity index (χ1v) is 7.81. The molecule has 1 aromatic heterocycles. The number of carboxylic acids is 1. The maximum Gasteiger partial charge on any atom is 0.335 e. The van der Waals surface area contributed by atoms with E-state index in [9.17, 15) is 9.90 Å². The second-order valence-corrected chi connectivity index (χ2v) is 6.50. The van der Waals surface area contributed by atoms with E-state index in [0.29, 0.717) is 17.4 Å². The topological polar surface area (TPSA) is 62.2 Å². The number of hydrogen-bond donors (Lipinski definition) is 2. The van der Waals surface area contributed by atoms with Crippen LogP contribution in [-0.4, -0.2) is 22.1 Å². The van der Waals surface area contributed by atoms with Gasteiger partial charge in [0.25, 0.3) is 0 Å². The molecule has 1 atom stereocenters. The van der Waals surface area contributed by atoms with Gasteiger partial charge in [-0.15, -0.1) is 0 Å². The van der Waals surface area contributed by atoms with Crippen molar-refractivity contribution < 1.29 is 9.90 Å². The molecule has 0 aliphatic heterocycles. The van der Waals surface area contributed by atoms with Crippen LogP contribution in [0.1, 0.15) is 75.9 Å². The highest BCUT2D eigenvalue weighted by Crippen LogP contribution is 2.19. The van der Waals surface area contributed by atoms with Crippen molar-refractivity contribution in [3.05, 3.63) is 23.4 Å². The molecule has 0 saturated carbocycles. The number of aromatic carboxylic acids is 1. The summed E-state index contributed by atoms with van der Waals surface area (Å²) in [6, 6.07) is 3.56. The highest BCUT2D eigenvalue weighted by atomic mass is 16.4. The van der Waals surface area contributed by atoms with Crippen molar-refractivity contribution >= 4 is 11.8 Å². The van der Waals surface area contributed by atoms with Gasteiger partial charge >= 0.3 is 5.97 Å². The van der Waals surface area contributed by atoms with Crippen LogP contribution in [0.15, 0.2) is 12.1 Å². The number of aromatic nitrogens is 1. The molecule has 1 heterocycles. The molecule has 0 saturated heterocycles. The summed E-state index contributed by atoms with van der Waals surface area (Å²) in [6.45, 7) is 10.6. The molecule has 0 amide bonds. The molecule has 118 valence electrons. The van der Waals surface area contributed by atoms with E-state index < -0.39 is 5.97 Å². The Labute approximate surface area is 128 Å². The lowest BCUT2D eigenvalue weighted by Crippen LogP contribution is -2.17. The highest BCUT2D eigenvalue weighted by molar-refractivity contribution is 5.88. The van der Waals surface area contributed by atoms with Crippen molar-refractivity contribution in [3.63, 3.8) is 0 Å². The van der Waals surface area contributed by atoms with Crippen molar-refractivity contribution in [2.75, 3.05) is 5.32 Å². The first-order chi connectivity index (χ1) is 9.79. The molecule has 4 heteroatoms. The van der Waals surface area contributed by atoms with E-state index in [1.807, 2.05) is 13.8 Å².